The van der Waals surface area contributed by atoms with Crippen molar-refractivity contribution in [2.24, 2.45) is 11.7 Å². The molecule has 1 rings (SSSR count). The van der Waals surface area contributed by atoms with Gasteiger partial charge in [-0.15, -0.1) is 0 Å². The van der Waals surface area contributed by atoms with Crippen LogP contribution >= 0.6 is 0 Å². The molecule has 0 spiro atoms. The molecule has 4 heteroatoms. The van der Waals surface area contributed by atoms with Crippen LogP contribution < -0.4 is 11.1 Å². The number of amides is 1. The Balaban J connectivity index is 2.19. The van der Waals surface area contributed by atoms with Gasteiger partial charge in [-0.3, -0.25) is 4.79 Å². The van der Waals surface area contributed by atoms with Gasteiger partial charge in [0.1, 0.15) is 0 Å². The summed E-state index contributed by atoms with van der Waals surface area (Å²) in [6.07, 6.45) is 3.95. The zero-order valence-electron chi connectivity index (χ0n) is 11.2. The molecule has 0 aromatic heterocycles. The number of hydrogen-bond donors (Lipinski definition) is 2. The number of nitrogens with zero attached hydrogens (tertiary/aromatic N) is 1. The van der Waals surface area contributed by atoms with Crippen molar-refractivity contribution in [2.75, 3.05) is 26.2 Å². The van der Waals surface area contributed by atoms with E-state index in [1.54, 1.807) is 0 Å². The molecule has 1 fully saturated rings. The third-order valence-electron chi connectivity index (χ3n) is 3.43. The molecule has 1 atom stereocenters. The molecule has 1 aliphatic rings. The Kier molecular flexibility index (Phi) is 6.52. The number of carbonyl (C=O) groups excluding carboxylic acids is 1. The fourth-order valence-electron chi connectivity index (χ4n) is 2.30. The van der Waals surface area contributed by atoms with Crippen molar-refractivity contribution in [1.29, 1.82) is 0 Å². The summed E-state index contributed by atoms with van der Waals surface area (Å²) >= 11 is 0. The molecule has 1 amide bonds. The van der Waals surface area contributed by atoms with Gasteiger partial charge in [-0.25, -0.2) is 0 Å². The average molecular weight is 241 g/mol. The highest BCUT2D eigenvalue weighted by molar-refractivity contribution is 5.76. The molecule has 0 aromatic rings. The maximum Gasteiger partial charge on any atom is 0.220 e. The van der Waals surface area contributed by atoms with Gasteiger partial charge in [-0.2, -0.15) is 0 Å². The molecule has 0 aliphatic carbocycles. The first-order valence-corrected chi connectivity index (χ1v) is 6.87. The first-order valence-electron chi connectivity index (χ1n) is 6.87. The van der Waals surface area contributed by atoms with Crippen LogP contribution in [0.2, 0.25) is 0 Å². The number of carbonyl (C=O) groups is 1. The summed E-state index contributed by atoms with van der Waals surface area (Å²) in [5.41, 5.74) is 5.52. The van der Waals surface area contributed by atoms with Crippen molar-refractivity contribution in [3.05, 3.63) is 0 Å². The van der Waals surface area contributed by atoms with E-state index >= 15 is 0 Å². The van der Waals surface area contributed by atoms with Crippen molar-refractivity contribution in [1.82, 2.24) is 10.2 Å². The Hall–Kier alpha value is -0.610. The molecule has 0 bridgehead atoms. The van der Waals surface area contributed by atoms with Gasteiger partial charge in [0.05, 0.1) is 0 Å². The van der Waals surface area contributed by atoms with E-state index in [1.165, 1.54) is 13.0 Å². The minimum Gasteiger partial charge on any atom is -0.353 e. The van der Waals surface area contributed by atoms with Gasteiger partial charge in [0.2, 0.25) is 5.91 Å². The number of piperidine rings is 1. The maximum absolute atomic E-state index is 11.7. The molecular formula is C13H27N3O. The molecule has 1 heterocycles. The number of hydrogen-bond acceptors (Lipinski definition) is 3. The van der Waals surface area contributed by atoms with Crippen LogP contribution in [0, 0.1) is 5.92 Å². The lowest BCUT2D eigenvalue weighted by atomic mass is 10.0. The van der Waals surface area contributed by atoms with Crippen molar-refractivity contribution in [3.63, 3.8) is 0 Å². The van der Waals surface area contributed by atoms with Gasteiger partial charge in [0.25, 0.3) is 0 Å². The third kappa shape index (κ3) is 5.50. The van der Waals surface area contributed by atoms with Crippen molar-refractivity contribution in [2.45, 2.75) is 45.6 Å². The summed E-state index contributed by atoms with van der Waals surface area (Å²) in [5, 5.41) is 3.13. The highest BCUT2D eigenvalue weighted by Gasteiger charge is 2.20. The minimum atomic E-state index is 0.164. The Morgan fingerprint density at radius 2 is 2.12 bits per heavy atom. The molecule has 0 radical (unpaired) electrons. The van der Waals surface area contributed by atoms with Gasteiger partial charge in [0, 0.05) is 25.6 Å². The average Bonchev–Trinajstić information content (AvgIpc) is 2.31. The van der Waals surface area contributed by atoms with Crippen molar-refractivity contribution in [3.8, 4) is 0 Å². The van der Waals surface area contributed by atoms with Gasteiger partial charge in [-0.05, 0) is 38.3 Å². The Bertz CT molecular complexity index is 225. The van der Waals surface area contributed by atoms with Crippen LogP contribution in [-0.2, 0) is 4.79 Å². The SMILES string of the molecule is CCCN1CCC(NC(=O)CC(C)CN)CC1. The first kappa shape index (κ1) is 14.5. The van der Waals surface area contributed by atoms with Crippen LogP contribution in [0.15, 0.2) is 0 Å². The monoisotopic (exact) mass is 241 g/mol. The zero-order chi connectivity index (χ0) is 12.7. The summed E-state index contributed by atoms with van der Waals surface area (Å²) in [4.78, 5) is 14.2. The van der Waals surface area contributed by atoms with Crippen LogP contribution in [0.25, 0.3) is 0 Å². The van der Waals surface area contributed by atoms with E-state index in [0.717, 1.165) is 25.9 Å². The zero-order valence-corrected chi connectivity index (χ0v) is 11.2. The van der Waals surface area contributed by atoms with Crippen LogP contribution in [-0.4, -0.2) is 43.0 Å². The molecule has 17 heavy (non-hydrogen) atoms. The molecule has 1 unspecified atom stereocenters. The second-order valence-electron chi connectivity index (χ2n) is 5.23. The summed E-state index contributed by atoms with van der Waals surface area (Å²) in [7, 11) is 0. The Labute approximate surface area is 105 Å². The van der Waals surface area contributed by atoms with E-state index in [-0.39, 0.29) is 11.8 Å². The Morgan fingerprint density at radius 1 is 1.47 bits per heavy atom. The van der Waals surface area contributed by atoms with E-state index in [1.807, 2.05) is 6.92 Å². The summed E-state index contributed by atoms with van der Waals surface area (Å²) < 4.78 is 0. The second-order valence-corrected chi connectivity index (χ2v) is 5.23. The molecule has 1 aliphatic heterocycles. The summed E-state index contributed by atoms with van der Waals surface area (Å²) in [5.74, 6) is 0.451. The lowest BCUT2D eigenvalue weighted by Crippen LogP contribution is -2.45. The molecule has 0 saturated carbocycles. The molecule has 4 nitrogen and oxygen atoms in total. The largest absolute Gasteiger partial charge is 0.353 e. The van der Waals surface area contributed by atoms with E-state index in [9.17, 15) is 4.79 Å². The van der Waals surface area contributed by atoms with Crippen molar-refractivity contribution >= 4 is 5.91 Å². The fraction of sp³-hybridized carbons (Fsp3) is 0.923. The second kappa shape index (κ2) is 7.67. The fourth-order valence-corrected chi connectivity index (χ4v) is 2.30. The smallest absolute Gasteiger partial charge is 0.220 e. The number of nitrogens with one attached hydrogen (secondary N) is 1. The van der Waals surface area contributed by atoms with Gasteiger partial charge < -0.3 is 16.0 Å². The van der Waals surface area contributed by atoms with Crippen molar-refractivity contribution < 1.29 is 4.79 Å². The highest BCUT2D eigenvalue weighted by Crippen LogP contribution is 2.11. The number of likely N-dealkylation sites (tertiary alicyclic amines) is 1. The van der Waals surface area contributed by atoms with Gasteiger partial charge >= 0.3 is 0 Å². The van der Waals surface area contributed by atoms with Crippen LogP contribution in [0.4, 0.5) is 0 Å². The number of rotatable bonds is 6. The van der Waals surface area contributed by atoms with E-state index in [2.05, 4.69) is 17.1 Å². The van der Waals surface area contributed by atoms with E-state index in [0.29, 0.717) is 19.0 Å². The lowest BCUT2D eigenvalue weighted by molar-refractivity contribution is -0.122. The predicted octanol–water partition coefficient (Wildman–Crippen LogP) is 0.962. The van der Waals surface area contributed by atoms with E-state index in [4.69, 9.17) is 5.73 Å². The van der Waals surface area contributed by atoms with Gasteiger partial charge in [0.15, 0.2) is 0 Å². The van der Waals surface area contributed by atoms with Crippen LogP contribution in [0.3, 0.4) is 0 Å². The molecule has 100 valence electrons. The topological polar surface area (TPSA) is 58.4 Å². The molecule has 0 aromatic carbocycles. The molecular weight excluding hydrogens is 214 g/mol. The Morgan fingerprint density at radius 3 is 2.65 bits per heavy atom. The van der Waals surface area contributed by atoms with Crippen LogP contribution in [0.1, 0.15) is 39.5 Å². The quantitative estimate of drug-likeness (QED) is 0.728. The number of nitrogens with two attached hydrogens (primary N) is 1. The summed E-state index contributed by atoms with van der Waals surface area (Å²) in [6, 6.07) is 0.376. The van der Waals surface area contributed by atoms with Gasteiger partial charge in [-0.1, -0.05) is 13.8 Å². The normalized spacial score (nSPS) is 20.2. The predicted molar refractivity (Wildman–Crippen MR) is 70.7 cm³/mol. The highest BCUT2D eigenvalue weighted by atomic mass is 16.1. The maximum atomic E-state index is 11.7. The molecule has 1 saturated heterocycles. The first-order chi connectivity index (χ1) is 8.15. The minimum absolute atomic E-state index is 0.164. The molecule has 3 N–H and O–H groups in total. The third-order valence-corrected chi connectivity index (χ3v) is 3.43. The standard InChI is InChI=1S/C13H27N3O/c1-3-6-16-7-4-12(5-8-16)15-13(17)9-11(2)10-14/h11-12H,3-10,14H2,1-2H3,(H,15,17). The summed E-state index contributed by atoms with van der Waals surface area (Å²) in [6.45, 7) is 8.23. The van der Waals surface area contributed by atoms with E-state index < -0.39 is 0 Å². The van der Waals surface area contributed by atoms with Crippen LogP contribution in [0.5, 0.6) is 0 Å². The lowest BCUT2D eigenvalue weighted by Gasteiger charge is -2.32.